The summed E-state index contributed by atoms with van der Waals surface area (Å²) in [5, 5.41) is 13.8. The van der Waals surface area contributed by atoms with Gasteiger partial charge in [-0.25, -0.2) is 0 Å². The zero-order valence-electron chi connectivity index (χ0n) is 13.4. The molecule has 0 aliphatic heterocycles. The molecule has 4 nitrogen and oxygen atoms in total. The summed E-state index contributed by atoms with van der Waals surface area (Å²) in [6.07, 6.45) is 7.75. The Morgan fingerprint density at radius 3 is 2.76 bits per heavy atom. The zero-order chi connectivity index (χ0) is 15.6. The van der Waals surface area contributed by atoms with Crippen LogP contribution in [-0.4, -0.2) is 26.1 Å². The van der Waals surface area contributed by atoms with E-state index in [1.807, 2.05) is 19.4 Å². The molecule has 1 aliphatic rings. The number of nitrogens with zero attached hydrogens (tertiary/aromatic N) is 2. The number of hydrogen-bond acceptors (Lipinski definition) is 3. The maximum atomic E-state index is 11.6. The van der Waals surface area contributed by atoms with Gasteiger partial charge in [0.1, 0.15) is 0 Å². The second-order valence-electron chi connectivity index (χ2n) is 6.80. The van der Waals surface area contributed by atoms with Crippen LogP contribution in [0.15, 0.2) is 17.3 Å². The van der Waals surface area contributed by atoms with E-state index in [4.69, 9.17) is 0 Å². The molecule has 1 N–H and O–H groups in total. The topological polar surface area (TPSA) is 55.1 Å². The van der Waals surface area contributed by atoms with Gasteiger partial charge in [0.2, 0.25) is 0 Å². The first-order valence-electron chi connectivity index (χ1n) is 7.71. The molecule has 2 rings (SSSR count). The Morgan fingerprint density at radius 1 is 1.52 bits per heavy atom. The standard InChI is InChI=1S/C16H26N2O2S/c1-5-16(2,3)11-6-7-13(15(19)20)14(8-11)21-12-9-17-18(4)10-12/h9-11,13-14H,5-8H2,1-4H3,(H,19,20). The maximum Gasteiger partial charge on any atom is 0.307 e. The molecule has 21 heavy (non-hydrogen) atoms. The van der Waals surface area contributed by atoms with Crippen LogP contribution in [0.4, 0.5) is 0 Å². The van der Waals surface area contributed by atoms with Gasteiger partial charge in [0, 0.05) is 23.4 Å². The highest BCUT2D eigenvalue weighted by Gasteiger charge is 2.40. The van der Waals surface area contributed by atoms with E-state index < -0.39 is 5.97 Å². The summed E-state index contributed by atoms with van der Waals surface area (Å²) in [5.41, 5.74) is 0.289. The molecule has 1 aromatic rings. The number of aromatic nitrogens is 2. The van der Waals surface area contributed by atoms with Gasteiger partial charge < -0.3 is 5.11 Å². The molecule has 0 amide bonds. The molecule has 0 bridgehead atoms. The summed E-state index contributed by atoms with van der Waals surface area (Å²) in [4.78, 5) is 12.6. The summed E-state index contributed by atoms with van der Waals surface area (Å²) < 4.78 is 1.77. The molecular formula is C16H26N2O2S. The van der Waals surface area contributed by atoms with Crippen LogP contribution in [0, 0.1) is 17.3 Å². The third-order valence-electron chi connectivity index (χ3n) is 5.09. The molecule has 0 spiro atoms. The predicted octanol–water partition coefficient (Wildman–Crippen LogP) is 3.82. The highest BCUT2D eigenvalue weighted by molar-refractivity contribution is 8.00. The maximum absolute atomic E-state index is 11.6. The van der Waals surface area contributed by atoms with Crippen molar-refractivity contribution in [1.29, 1.82) is 0 Å². The van der Waals surface area contributed by atoms with Crippen LogP contribution < -0.4 is 0 Å². The molecule has 3 unspecified atom stereocenters. The molecule has 1 aliphatic carbocycles. The summed E-state index contributed by atoms with van der Waals surface area (Å²) in [6.45, 7) is 6.85. The molecule has 5 heteroatoms. The Bertz CT molecular complexity index is 498. The molecule has 1 fully saturated rings. The van der Waals surface area contributed by atoms with Gasteiger partial charge in [-0.1, -0.05) is 27.2 Å². The van der Waals surface area contributed by atoms with Crippen molar-refractivity contribution in [3.63, 3.8) is 0 Å². The van der Waals surface area contributed by atoms with Crippen LogP contribution in [0.3, 0.4) is 0 Å². The van der Waals surface area contributed by atoms with E-state index in [-0.39, 0.29) is 16.6 Å². The van der Waals surface area contributed by atoms with Gasteiger partial charge in [-0.15, -0.1) is 11.8 Å². The fraction of sp³-hybridized carbons (Fsp3) is 0.750. The van der Waals surface area contributed by atoms with Crippen LogP contribution in [0.25, 0.3) is 0 Å². The van der Waals surface area contributed by atoms with Gasteiger partial charge in [-0.2, -0.15) is 5.10 Å². The van der Waals surface area contributed by atoms with Crippen LogP contribution in [0.5, 0.6) is 0 Å². The first-order chi connectivity index (χ1) is 9.83. The number of carboxylic acid groups (broad SMARTS) is 1. The minimum atomic E-state index is -0.649. The van der Waals surface area contributed by atoms with E-state index in [9.17, 15) is 9.90 Å². The third kappa shape index (κ3) is 3.82. The molecule has 3 atom stereocenters. The van der Waals surface area contributed by atoms with Gasteiger partial charge in [0.05, 0.1) is 12.1 Å². The average Bonchev–Trinajstić information content (AvgIpc) is 2.83. The molecular weight excluding hydrogens is 284 g/mol. The number of carbonyl (C=O) groups is 1. The Kier molecular flexibility index (Phi) is 5.02. The summed E-state index contributed by atoms with van der Waals surface area (Å²) >= 11 is 1.69. The fourth-order valence-electron chi connectivity index (χ4n) is 3.17. The number of thioether (sulfide) groups is 1. The second kappa shape index (κ2) is 6.42. The van der Waals surface area contributed by atoms with E-state index in [2.05, 4.69) is 25.9 Å². The number of carboxylic acids is 1. The summed E-state index contributed by atoms with van der Waals surface area (Å²) in [6, 6.07) is 0. The van der Waals surface area contributed by atoms with Crippen molar-refractivity contribution in [3.8, 4) is 0 Å². The highest BCUT2D eigenvalue weighted by Crippen LogP contribution is 2.47. The van der Waals surface area contributed by atoms with E-state index >= 15 is 0 Å². The Balaban J connectivity index is 2.13. The lowest BCUT2D eigenvalue weighted by Crippen LogP contribution is -2.37. The van der Waals surface area contributed by atoms with Crippen molar-refractivity contribution >= 4 is 17.7 Å². The van der Waals surface area contributed by atoms with Crippen molar-refractivity contribution in [2.24, 2.45) is 24.3 Å². The van der Waals surface area contributed by atoms with E-state index in [0.717, 1.165) is 30.6 Å². The van der Waals surface area contributed by atoms with Crippen LogP contribution in [0.1, 0.15) is 46.5 Å². The van der Waals surface area contributed by atoms with Crippen LogP contribution in [-0.2, 0) is 11.8 Å². The number of hydrogen-bond donors (Lipinski definition) is 1. The predicted molar refractivity (Wildman–Crippen MR) is 85.4 cm³/mol. The zero-order valence-corrected chi connectivity index (χ0v) is 14.2. The SMILES string of the molecule is CCC(C)(C)C1CCC(C(=O)O)C(Sc2cnn(C)c2)C1. The minimum Gasteiger partial charge on any atom is -0.481 e. The van der Waals surface area contributed by atoms with Crippen LogP contribution in [0.2, 0.25) is 0 Å². The molecule has 0 aromatic carbocycles. The molecule has 1 saturated carbocycles. The summed E-state index contributed by atoms with van der Waals surface area (Å²) in [7, 11) is 1.89. The first kappa shape index (κ1) is 16.4. The largest absolute Gasteiger partial charge is 0.481 e. The van der Waals surface area contributed by atoms with Crippen molar-refractivity contribution in [2.75, 3.05) is 0 Å². The monoisotopic (exact) mass is 310 g/mol. The second-order valence-corrected chi connectivity index (χ2v) is 8.12. The molecule has 1 aromatic heterocycles. The normalized spacial score (nSPS) is 26.8. The van der Waals surface area contributed by atoms with E-state index in [1.54, 1.807) is 16.4 Å². The molecule has 1 heterocycles. The number of aliphatic carboxylic acids is 1. The van der Waals surface area contributed by atoms with Gasteiger partial charge in [0.15, 0.2) is 0 Å². The highest BCUT2D eigenvalue weighted by atomic mass is 32.2. The van der Waals surface area contributed by atoms with Gasteiger partial charge >= 0.3 is 5.97 Å². The number of aryl methyl sites for hydroxylation is 1. The molecule has 118 valence electrons. The van der Waals surface area contributed by atoms with Crippen molar-refractivity contribution in [2.45, 2.75) is 56.6 Å². The Labute approximate surface area is 131 Å². The molecule has 0 saturated heterocycles. The van der Waals surface area contributed by atoms with Crippen molar-refractivity contribution < 1.29 is 9.90 Å². The van der Waals surface area contributed by atoms with E-state index in [0.29, 0.717) is 5.92 Å². The van der Waals surface area contributed by atoms with Gasteiger partial charge in [-0.3, -0.25) is 9.48 Å². The lowest BCUT2D eigenvalue weighted by molar-refractivity contribution is -0.143. The minimum absolute atomic E-state index is 0.149. The average molecular weight is 310 g/mol. The molecule has 0 radical (unpaired) electrons. The fourth-order valence-corrected chi connectivity index (χ4v) is 4.59. The lowest BCUT2D eigenvalue weighted by atomic mass is 9.67. The van der Waals surface area contributed by atoms with E-state index in [1.165, 1.54) is 0 Å². The lowest BCUT2D eigenvalue weighted by Gasteiger charge is -2.41. The summed E-state index contributed by atoms with van der Waals surface area (Å²) in [5.74, 6) is -0.282. The van der Waals surface area contributed by atoms with Crippen molar-refractivity contribution in [1.82, 2.24) is 9.78 Å². The van der Waals surface area contributed by atoms with Gasteiger partial charge in [0.25, 0.3) is 0 Å². The van der Waals surface area contributed by atoms with Crippen LogP contribution >= 0.6 is 11.8 Å². The quantitative estimate of drug-likeness (QED) is 0.898. The Morgan fingerprint density at radius 2 is 2.24 bits per heavy atom. The Hall–Kier alpha value is -0.970. The third-order valence-corrected chi connectivity index (χ3v) is 6.40. The smallest absolute Gasteiger partial charge is 0.307 e. The first-order valence-corrected chi connectivity index (χ1v) is 8.59. The van der Waals surface area contributed by atoms with Crippen molar-refractivity contribution in [3.05, 3.63) is 12.4 Å². The number of rotatable bonds is 5. The van der Waals surface area contributed by atoms with Gasteiger partial charge in [-0.05, 0) is 30.6 Å².